The Morgan fingerprint density at radius 2 is 2.18 bits per heavy atom. The van der Waals surface area contributed by atoms with E-state index >= 15 is 0 Å². The lowest BCUT2D eigenvalue weighted by Gasteiger charge is -2.14. The zero-order valence-corrected chi connectivity index (χ0v) is 18.3. The van der Waals surface area contributed by atoms with Crippen molar-refractivity contribution in [3.8, 4) is 11.8 Å². The Labute approximate surface area is 189 Å². The molecule has 0 saturated carbocycles. The zero-order chi connectivity index (χ0) is 23.1. The summed E-state index contributed by atoms with van der Waals surface area (Å²) in [5.74, 6) is 6.48. The van der Waals surface area contributed by atoms with E-state index in [1.807, 2.05) is 32.3 Å². The summed E-state index contributed by atoms with van der Waals surface area (Å²) in [6.45, 7) is 4.72. The number of nitrogens with zero attached hydrogens (tertiary/aromatic N) is 7. The van der Waals surface area contributed by atoms with Crippen LogP contribution in [0.3, 0.4) is 0 Å². The standard InChI is InChI=1S/C23H22N8O2/c1-4-19(32)30-10-9-15(12-30)31-22-20(21(24)25-13-26-22)16(28-31)7-5-14-6-8-18-17(11-14)27-23(33-18)29(2)3/h4,6,8,11,13,15H,1,9-10,12H2,2-3H3,(H2,24,25,26)/t15-/m0/s1. The molecule has 4 aromatic rings. The summed E-state index contributed by atoms with van der Waals surface area (Å²) in [4.78, 5) is 28.5. The largest absolute Gasteiger partial charge is 0.423 e. The number of rotatable bonds is 3. The molecule has 1 aliphatic heterocycles. The smallest absolute Gasteiger partial charge is 0.297 e. The Kier molecular flexibility index (Phi) is 4.94. The van der Waals surface area contributed by atoms with Crippen LogP contribution in [0.25, 0.3) is 22.1 Å². The van der Waals surface area contributed by atoms with Crippen LogP contribution in [0.4, 0.5) is 11.8 Å². The topological polar surface area (TPSA) is 119 Å². The highest BCUT2D eigenvalue weighted by molar-refractivity contribution is 5.91. The third kappa shape index (κ3) is 3.63. The van der Waals surface area contributed by atoms with E-state index in [1.54, 1.807) is 14.5 Å². The van der Waals surface area contributed by atoms with Gasteiger partial charge < -0.3 is 20.0 Å². The Morgan fingerprint density at radius 3 is 2.97 bits per heavy atom. The lowest BCUT2D eigenvalue weighted by Crippen LogP contribution is -2.27. The van der Waals surface area contributed by atoms with Crippen molar-refractivity contribution in [2.75, 3.05) is 37.8 Å². The quantitative estimate of drug-likeness (QED) is 0.378. The molecule has 5 rings (SSSR count). The minimum atomic E-state index is -0.0937. The second-order valence-corrected chi connectivity index (χ2v) is 8.00. The summed E-state index contributed by atoms with van der Waals surface area (Å²) < 4.78 is 7.50. The van der Waals surface area contributed by atoms with Gasteiger partial charge in [0.1, 0.15) is 23.4 Å². The van der Waals surface area contributed by atoms with Crippen LogP contribution in [0, 0.1) is 11.8 Å². The fraction of sp³-hybridized carbons (Fsp3) is 0.261. The number of amides is 1. The summed E-state index contributed by atoms with van der Waals surface area (Å²) in [7, 11) is 3.74. The summed E-state index contributed by atoms with van der Waals surface area (Å²) in [5.41, 5.74) is 9.44. The van der Waals surface area contributed by atoms with Gasteiger partial charge in [-0.15, -0.1) is 0 Å². The first-order valence-corrected chi connectivity index (χ1v) is 10.4. The number of likely N-dealkylation sites (tertiary alicyclic amines) is 1. The molecule has 1 atom stereocenters. The Hall–Kier alpha value is -4.39. The highest BCUT2D eigenvalue weighted by Gasteiger charge is 2.29. The van der Waals surface area contributed by atoms with E-state index in [0.717, 1.165) is 17.5 Å². The molecule has 10 heteroatoms. The van der Waals surface area contributed by atoms with Crippen molar-refractivity contribution in [3.63, 3.8) is 0 Å². The van der Waals surface area contributed by atoms with E-state index in [1.165, 1.54) is 12.4 Å². The highest BCUT2D eigenvalue weighted by atomic mass is 16.4. The molecule has 3 aromatic heterocycles. The molecular weight excluding hydrogens is 420 g/mol. The third-order valence-corrected chi connectivity index (χ3v) is 5.60. The highest BCUT2D eigenvalue weighted by Crippen LogP contribution is 2.28. The van der Waals surface area contributed by atoms with E-state index in [-0.39, 0.29) is 11.9 Å². The van der Waals surface area contributed by atoms with Crippen LogP contribution in [0.15, 0.2) is 41.6 Å². The van der Waals surface area contributed by atoms with Crippen molar-refractivity contribution in [3.05, 3.63) is 48.4 Å². The fourth-order valence-corrected chi connectivity index (χ4v) is 3.92. The maximum absolute atomic E-state index is 12.0. The van der Waals surface area contributed by atoms with Gasteiger partial charge in [0.05, 0.1) is 11.4 Å². The molecule has 33 heavy (non-hydrogen) atoms. The second kappa shape index (κ2) is 7.94. The molecule has 0 radical (unpaired) electrons. The first kappa shape index (κ1) is 20.5. The summed E-state index contributed by atoms with van der Waals surface area (Å²) >= 11 is 0. The number of nitrogen functional groups attached to an aromatic ring is 1. The van der Waals surface area contributed by atoms with Crippen LogP contribution in [0.5, 0.6) is 0 Å². The minimum Gasteiger partial charge on any atom is -0.423 e. The number of carbonyl (C=O) groups is 1. The molecule has 0 unspecified atom stereocenters. The monoisotopic (exact) mass is 442 g/mol. The number of hydrogen-bond acceptors (Lipinski definition) is 8. The lowest BCUT2D eigenvalue weighted by atomic mass is 10.2. The van der Waals surface area contributed by atoms with Crippen LogP contribution < -0.4 is 10.6 Å². The number of oxazole rings is 1. The Bertz CT molecular complexity index is 1460. The molecule has 4 heterocycles. The molecule has 2 N–H and O–H groups in total. The number of benzene rings is 1. The maximum atomic E-state index is 12.0. The van der Waals surface area contributed by atoms with Gasteiger partial charge in [0.2, 0.25) is 5.91 Å². The van der Waals surface area contributed by atoms with Gasteiger partial charge in [-0.3, -0.25) is 4.79 Å². The maximum Gasteiger partial charge on any atom is 0.297 e. The van der Waals surface area contributed by atoms with E-state index in [4.69, 9.17) is 15.2 Å². The van der Waals surface area contributed by atoms with Crippen LogP contribution >= 0.6 is 0 Å². The first-order chi connectivity index (χ1) is 15.9. The zero-order valence-electron chi connectivity index (χ0n) is 18.3. The SMILES string of the molecule is C=CC(=O)N1CC[C@H](n2nc(C#Cc3ccc4oc(N(C)C)nc4c3)c3c(N)ncnc32)C1. The van der Waals surface area contributed by atoms with Crippen LogP contribution in [-0.2, 0) is 4.79 Å². The summed E-state index contributed by atoms with van der Waals surface area (Å²) in [6, 6.07) is 6.09. The second-order valence-electron chi connectivity index (χ2n) is 8.00. The number of nitrogens with two attached hydrogens (primary N) is 1. The Morgan fingerprint density at radius 1 is 1.33 bits per heavy atom. The van der Waals surface area contributed by atoms with E-state index < -0.39 is 0 Å². The first-order valence-electron chi connectivity index (χ1n) is 10.4. The van der Waals surface area contributed by atoms with Crippen molar-refractivity contribution in [2.24, 2.45) is 0 Å². The average Bonchev–Trinajstić information content (AvgIpc) is 3.53. The van der Waals surface area contributed by atoms with Crippen LogP contribution in [0.2, 0.25) is 0 Å². The molecule has 0 aliphatic carbocycles. The fourth-order valence-electron chi connectivity index (χ4n) is 3.92. The number of fused-ring (bicyclic) bond motifs is 2. The van der Waals surface area contributed by atoms with Gasteiger partial charge in [0.25, 0.3) is 6.01 Å². The van der Waals surface area contributed by atoms with E-state index in [9.17, 15) is 4.79 Å². The molecule has 0 spiro atoms. The molecule has 1 aromatic carbocycles. The normalized spacial score (nSPS) is 15.6. The average molecular weight is 442 g/mol. The van der Waals surface area contributed by atoms with Crippen LogP contribution in [-0.4, -0.2) is 62.7 Å². The predicted molar refractivity (Wildman–Crippen MR) is 124 cm³/mol. The molecule has 1 fully saturated rings. The molecule has 10 nitrogen and oxygen atoms in total. The van der Waals surface area contributed by atoms with Gasteiger partial charge in [-0.1, -0.05) is 12.5 Å². The van der Waals surface area contributed by atoms with E-state index in [0.29, 0.717) is 47.2 Å². The van der Waals surface area contributed by atoms with Gasteiger partial charge >= 0.3 is 0 Å². The molecule has 166 valence electrons. The summed E-state index contributed by atoms with van der Waals surface area (Å²) in [5, 5.41) is 5.32. The van der Waals surface area contributed by atoms with Crippen molar-refractivity contribution in [2.45, 2.75) is 12.5 Å². The van der Waals surface area contributed by atoms with Crippen LogP contribution in [0.1, 0.15) is 23.7 Å². The van der Waals surface area contributed by atoms with Gasteiger partial charge in [-0.2, -0.15) is 10.1 Å². The lowest BCUT2D eigenvalue weighted by molar-refractivity contribution is -0.125. The van der Waals surface area contributed by atoms with Crippen molar-refractivity contribution in [1.82, 2.24) is 29.6 Å². The number of anilines is 2. The van der Waals surface area contributed by atoms with Gasteiger partial charge in [-0.05, 0) is 36.6 Å². The molecule has 1 amide bonds. The number of hydrogen-bond donors (Lipinski definition) is 1. The number of aromatic nitrogens is 5. The van der Waals surface area contributed by atoms with Gasteiger partial charge in [0.15, 0.2) is 11.2 Å². The van der Waals surface area contributed by atoms with Crippen molar-refractivity contribution >= 4 is 39.9 Å². The van der Waals surface area contributed by atoms with Gasteiger partial charge in [-0.25, -0.2) is 14.6 Å². The van der Waals surface area contributed by atoms with Gasteiger partial charge in [0, 0.05) is 32.7 Å². The third-order valence-electron chi connectivity index (χ3n) is 5.60. The predicted octanol–water partition coefficient (Wildman–Crippen LogP) is 1.97. The molecule has 1 saturated heterocycles. The molecule has 1 aliphatic rings. The minimum absolute atomic E-state index is 0.0304. The molecule has 0 bridgehead atoms. The molecular formula is C23H22N8O2. The number of carbonyl (C=O) groups excluding carboxylic acids is 1. The van der Waals surface area contributed by atoms with E-state index in [2.05, 4.69) is 33.4 Å². The van der Waals surface area contributed by atoms with Crippen molar-refractivity contribution < 1.29 is 9.21 Å². The summed E-state index contributed by atoms with van der Waals surface area (Å²) in [6.07, 6.45) is 3.49. The Balaban J connectivity index is 1.52. The van der Waals surface area contributed by atoms with Crippen molar-refractivity contribution in [1.29, 1.82) is 0 Å².